The lowest BCUT2D eigenvalue weighted by atomic mass is 9.95. The van der Waals surface area contributed by atoms with Crippen LogP contribution in [0.2, 0.25) is 0 Å². The molecule has 0 unspecified atom stereocenters. The Bertz CT molecular complexity index is 921. The Balaban J connectivity index is 1.61. The highest BCUT2D eigenvalue weighted by molar-refractivity contribution is 5.79. The third-order valence-electron chi connectivity index (χ3n) is 5.29. The van der Waals surface area contributed by atoms with E-state index in [1.54, 1.807) is 4.90 Å². The molecule has 2 aromatic rings. The molecule has 3 rings (SSSR count). The average molecular weight is 421 g/mol. The second-order valence-corrected chi connectivity index (χ2v) is 7.42. The molecular weight excluding hydrogens is 399 g/mol. The number of hydrogen-bond donors (Lipinski definition) is 1. The van der Waals surface area contributed by atoms with Gasteiger partial charge in [0.1, 0.15) is 5.69 Å². The van der Waals surface area contributed by atoms with Crippen molar-refractivity contribution in [2.75, 3.05) is 18.0 Å². The van der Waals surface area contributed by atoms with E-state index >= 15 is 0 Å². The van der Waals surface area contributed by atoms with E-state index in [0.29, 0.717) is 38.5 Å². The Morgan fingerprint density at radius 3 is 2.37 bits per heavy atom. The summed E-state index contributed by atoms with van der Waals surface area (Å²) < 4.78 is 38.6. The molecule has 0 aromatic heterocycles. The van der Waals surface area contributed by atoms with Crippen LogP contribution in [0.1, 0.15) is 29.5 Å². The number of carbonyl (C=O) groups excluding carboxylic acids is 1. The summed E-state index contributed by atoms with van der Waals surface area (Å²) in [7, 11) is 0. The fraction of sp³-hybridized carbons (Fsp3) is 0.381. The lowest BCUT2D eigenvalue weighted by Gasteiger charge is -2.32. The topological polar surface area (TPSA) is 75.5 Å². The van der Waals surface area contributed by atoms with Crippen LogP contribution in [-0.4, -0.2) is 23.9 Å². The van der Waals surface area contributed by atoms with Gasteiger partial charge in [0, 0.05) is 31.6 Å². The quantitative estimate of drug-likeness (QED) is 0.572. The smallest absolute Gasteiger partial charge is 0.366 e. The van der Waals surface area contributed by atoms with Crippen molar-refractivity contribution in [1.29, 1.82) is 0 Å². The molecule has 0 radical (unpaired) electrons. The van der Waals surface area contributed by atoms with Gasteiger partial charge in [-0.2, -0.15) is 13.2 Å². The molecule has 1 saturated heterocycles. The van der Waals surface area contributed by atoms with Crippen LogP contribution in [0.5, 0.6) is 0 Å². The van der Waals surface area contributed by atoms with Crippen molar-refractivity contribution in [3.05, 3.63) is 69.3 Å². The van der Waals surface area contributed by atoms with Crippen LogP contribution in [0.15, 0.2) is 42.5 Å². The lowest BCUT2D eigenvalue weighted by molar-refractivity contribution is -0.384. The van der Waals surface area contributed by atoms with Crippen LogP contribution in [0.25, 0.3) is 0 Å². The molecular formula is C21H22F3N3O3. The summed E-state index contributed by atoms with van der Waals surface area (Å²) in [6.07, 6.45) is -3.71. The number of amides is 1. The van der Waals surface area contributed by atoms with E-state index < -0.39 is 22.4 Å². The first-order valence-corrected chi connectivity index (χ1v) is 9.59. The number of halogens is 3. The van der Waals surface area contributed by atoms with Crippen LogP contribution < -0.4 is 10.2 Å². The fourth-order valence-electron chi connectivity index (χ4n) is 3.54. The lowest BCUT2D eigenvalue weighted by Crippen LogP contribution is -2.40. The normalized spacial score (nSPS) is 15.1. The predicted molar refractivity (Wildman–Crippen MR) is 106 cm³/mol. The number of nitro groups is 1. The molecule has 160 valence electrons. The van der Waals surface area contributed by atoms with E-state index in [4.69, 9.17) is 0 Å². The maximum atomic E-state index is 12.9. The molecule has 2 aromatic carbocycles. The number of rotatable bonds is 5. The van der Waals surface area contributed by atoms with Crippen LogP contribution in [-0.2, 0) is 17.5 Å². The van der Waals surface area contributed by atoms with Crippen LogP contribution in [0.4, 0.5) is 24.5 Å². The van der Waals surface area contributed by atoms with Crippen molar-refractivity contribution in [3.63, 3.8) is 0 Å². The van der Waals surface area contributed by atoms with Gasteiger partial charge in [-0.25, -0.2) is 0 Å². The number of anilines is 1. The molecule has 6 nitrogen and oxygen atoms in total. The van der Waals surface area contributed by atoms with Gasteiger partial charge >= 0.3 is 6.18 Å². The third-order valence-corrected chi connectivity index (χ3v) is 5.29. The summed E-state index contributed by atoms with van der Waals surface area (Å²) in [6.45, 7) is 3.12. The molecule has 0 aliphatic carbocycles. The van der Waals surface area contributed by atoms with Crippen molar-refractivity contribution < 1.29 is 22.9 Å². The van der Waals surface area contributed by atoms with Crippen molar-refractivity contribution in [2.45, 2.75) is 32.5 Å². The van der Waals surface area contributed by atoms with E-state index in [9.17, 15) is 28.1 Å². The van der Waals surface area contributed by atoms with E-state index in [0.717, 1.165) is 23.3 Å². The molecule has 0 atom stereocenters. The van der Waals surface area contributed by atoms with E-state index in [-0.39, 0.29) is 17.5 Å². The maximum absolute atomic E-state index is 12.9. The number of nitrogens with one attached hydrogen (secondary N) is 1. The maximum Gasteiger partial charge on any atom is 0.416 e. The summed E-state index contributed by atoms with van der Waals surface area (Å²) in [5, 5.41) is 14.2. The molecule has 9 heteroatoms. The molecule has 1 fully saturated rings. The first-order chi connectivity index (χ1) is 14.1. The molecule has 30 heavy (non-hydrogen) atoms. The number of nitrogens with zero attached hydrogens (tertiary/aromatic N) is 2. The van der Waals surface area contributed by atoms with Gasteiger partial charge in [-0.05, 0) is 37.5 Å². The summed E-state index contributed by atoms with van der Waals surface area (Å²) in [5.41, 5.74) is 0.642. The number of piperidine rings is 1. The van der Waals surface area contributed by atoms with Gasteiger partial charge in [-0.3, -0.25) is 14.9 Å². The van der Waals surface area contributed by atoms with Gasteiger partial charge in [0.15, 0.2) is 0 Å². The van der Waals surface area contributed by atoms with Crippen molar-refractivity contribution in [1.82, 2.24) is 5.32 Å². The Morgan fingerprint density at radius 2 is 1.80 bits per heavy atom. The zero-order valence-electron chi connectivity index (χ0n) is 16.4. The zero-order valence-corrected chi connectivity index (χ0v) is 16.4. The second-order valence-electron chi connectivity index (χ2n) is 7.42. The molecule has 1 heterocycles. The molecule has 1 N–H and O–H groups in total. The predicted octanol–water partition coefficient (Wildman–Crippen LogP) is 4.45. The fourth-order valence-corrected chi connectivity index (χ4v) is 3.54. The average Bonchev–Trinajstić information content (AvgIpc) is 2.72. The number of hydrogen-bond acceptors (Lipinski definition) is 4. The number of alkyl halides is 3. The van der Waals surface area contributed by atoms with Gasteiger partial charge in [-0.1, -0.05) is 29.8 Å². The minimum Gasteiger partial charge on any atom is -0.366 e. The molecule has 0 saturated carbocycles. The van der Waals surface area contributed by atoms with E-state index in [2.05, 4.69) is 5.32 Å². The zero-order chi connectivity index (χ0) is 21.9. The highest BCUT2D eigenvalue weighted by atomic mass is 19.4. The van der Waals surface area contributed by atoms with E-state index in [1.807, 2.05) is 31.2 Å². The van der Waals surface area contributed by atoms with Gasteiger partial charge in [0.25, 0.3) is 5.69 Å². The Labute approximate surface area is 171 Å². The third kappa shape index (κ3) is 5.08. The molecule has 0 bridgehead atoms. The monoisotopic (exact) mass is 421 g/mol. The van der Waals surface area contributed by atoms with Gasteiger partial charge in [0.05, 0.1) is 10.5 Å². The van der Waals surface area contributed by atoms with Crippen molar-refractivity contribution in [3.8, 4) is 0 Å². The number of aryl methyl sites for hydroxylation is 1. The molecule has 1 aliphatic heterocycles. The van der Waals surface area contributed by atoms with E-state index in [1.165, 1.54) is 0 Å². The molecule has 1 amide bonds. The van der Waals surface area contributed by atoms with Gasteiger partial charge in [-0.15, -0.1) is 0 Å². The number of carbonyl (C=O) groups is 1. The Hall–Kier alpha value is -3.10. The minimum absolute atomic E-state index is 0.0860. The van der Waals surface area contributed by atoms with Crippen LogP contribution in [0.3, 0.4) is 0 Å². The highest BCUT2D eigenvalue weighted by Gasteiger charge is 2.34. The van der Waals surface area contributed by atoms with Gasteiger partial charge < -0.3 is 10.2 Å². The first kappa shape index (κ1) is 21.6. The summed E-state index contributed by atoms with van der Waals surface area (Å²) in [4.78, 5) is 24.6. The Kier molecular flexibility index (Phi) is 6.28. The van der Waals surface area contributed by atoms with Crippen molar-refractivity contribution >= 4 is 17.3 Å². The summed E-state index contributed by atoms with van der Waals surface area (Å²) in [6, 6.07) is 10.4. The molecule has 1 aliphatic rings. The first-order valence-electron chi connectivity index (χ1n) is 9.59. The second kappa shape index (κ2) is 8.73. The standard InChI is InChI=1S/C21H22F3N3O3/c1-14-2-4-15(5-3-14)13-25-20(28)16-8-10-26(11-9-16)18-7-6-17(21(22,23)24)12-19(18)27(29)30/h2-7,12,16H,8-11,13H2,1H3,(H,25,28). The highest BCUT2D eigenvalue weighted by Crippen LogP contribution is 2.37. The van der Waals surface area contributed by atoms with Gasteiger partial charge in [0.2, 0.25) is 5.91 Å². The Morgan fingerprint density at radius 1 is 1.17 bits per heavy atom. The van der Waals surface area contributed by atoms with Crippen LogP contribution >= 0.6 is 0 Å². The molecule has 0 spiro atoms. The number of nitro benzene ring substituents is 1. The summed E-state index contributed by atoms with van der Waals surface area (Å²) in [5.74, 6) is -0.322. The SMILES string of the molecule is Cc1ccc(CNC(=O)C2CCN(c3ccc(C(F)(F)F)cc3[N+](=O)[O-])CC2)cc1. The summed E-state index contributed by atoms with van der Waals surface area (Å²) >= 11 is 0. The van der Waals surface area contributed by atoms with Crippen LogP contribution in [0, 0.1) is 23.0 Å². The number of benzene rings is 2. The minimum atomic E-state index is -4.65. The largest absolute Gasteiger partial charge is 0.416 e. The van der Waals surface area contributed by atoms with Crippen molar-refractivity contribution in [2.24, 2.45) is 5.92 Å².